The highest BCUT2D eigenvalue weighted by Gasteiger charge is 2.00. The van der Waals surface area contributed by atoms with E-state index in [1.165, 1.54) is 0 Å². The van der Waals surface area contributed by atoms with Crippen LogP contribution in [-0.4, -0.2) is 11.8 Å². The third-order valence-electron chi connectivity index (χ3n) is 3.00. The molecule has 1 heterocycles. The number of aromatic nitrogens is 1. The summed E-state index contributed by atoms with van der Waals surface area (Å²) in [5.41, 5.74) is 1.59. The van der Waals surface area contributed by atoms with Crippen molar-refractivity contribution in [1.29, 1.82) is 5.26 Å². The average molecular weight is 270 g/mol. The third-order valence-corrected chi connectivity index (χ3v) is 3.00. The fourth-order valence-electron chi connectivity index (χ4n) is 1.93. The van der Waals surface area contributed by atoms with Gasteiger partial charge in [0, 0.05) is 12.5 Å². The summed E-state index contributed by atoms with van der Waals surface area (Å²) in [7, 11) is 0. The lowest BCUT2D eigenvalue weighted by Crippen LogP contribution is -1.97. The quantitative estimate of drug-likeness (QED) is 0.720. The second-order valence-corrected chi connectivity index (χ2v) is 4.73. The van der Waals surface area contributed by atoms with Gasteiger partial charge in [0.15, 0.2) is 0 Å². The normalized spacial score (nSPS) is 10.2. The summed E-state index contributed by atoms with van der Waals surface area (Å²) in [5.74, 6) is 1.77. The molecule has 0 spiro atoms. The number of unbranched alkanes of at least 4 members (excludes halogenated alkanes) is 2. The van der Waals surface area contributed by atoms with Crippen LogP contribution >= 0.6 is 0 Å². The summed E-state index contributed by atoms with van der Waals surface area (Å²) >= 11 is 0. The van der Waals surface area contributed by atoms with Gasteiger partial charge in [-0.2, -0.15) is 5.26 Å². The lowest BCUT2D eigenvalue weighted by Gasteiger charge is -2.05. The van der Waals surface area contributed by atoms with E-state index >= 15 is 0 Å². The standard InChI is InChI=1S/C16H18N2O2/c1-13-11-16(20-18-13)5-3-2-4-10-19-15-8-6-14(12-17)7-9-15/h6-9,11H,2-5,10H2,1H3. The van der Waals surface area contributed by atoms with E-state index in [-0.39, 0.29) is 0 Å². The van der Waals surface area contributed by atoms with Crippen molar-refractivity contribution in [2.45, 2.75) is 32.6 Å². The Morgan fingerprint density at radius 1 is 1.20 bits per heavy atom. The Morgan fingerprint density at radius 2 is 2.00 bits per heavy atom. The fourth-order valence-corrected chi connectivity index (χ4v) is 1.93. The topological polar surface area (TPSA) is 59.0 Å². The molecule has 0 fully saturated rings. The maximum atomic E-state index is 8.69. The fraction of sp³-hybridized carbons (Fsp3) is 0.375. The molecule has 0 atom stereocenters. The zero-order chi connectivity index (χ0) is 14.2. The molecule has 0 aliphatic heterocycles. The van der Waals surface area contributed by atoms with Crippen LogP contribution < -0.4 is 4.74 Å². The molecular weight excluding hydrogens is 252 g/mol. The molecule has 4 nitrogen and oxygen atoms in total. The minimum atomic E-state index is 0.653. The van der Waals surface area contributed by atoms with Crippen LogP contribution in [-0.2, 0) is 6.42 Å². The Morgan fingerprint density at radius 3 is 2.65 bits per heavy atom. The molecule has 0 amide bonds. The maximum Gasteiger partial charge on any atom is 0.136 e. The van der Waals surface area contributed by atoms with E-state index in [0.717, 1.165) is 42.9 Å². The van der Waals surface area contributed by atoms with Crippen LogP contribution in [0.15, 0.2) is 34.9 Å². The van der Waals surface area contributed by atoms with Crippen LogP contribution in [0.25, 0.3) is 0 Å². The molecule has 0 unspecified atom stereocenters. The van der Waals surface area contributed by atoms with E-state index in [9.17, 15) is 0 Å². The highest BCUT2D eigenvalue weighted by atomic mass is 16.5. The molecule has 0 radical (unpaired) electrons. The zero-order valence-corrected chi connectivity index (χ0v) is 11.6. The van der Waals surface area contributed by atoms with Crippen LogP contribution in [0.1, 0.15) is 36.3 Å². The molecule has 104 valence electrons. The first kappa shape index (κ1) is 14.1. The van der Waals surface area contributed by atoms with Gasteiger partial charge in [0.1, 0.15) is 11.5 Å². The van der Waals surface area contributed by atoms with Gasteiger partial charge in [-0.05, 0) is 50.5 Å². The highest BCUT2D eigenvalue weighted by molar-refractivity contribution is 5.34. The number of aryl methyl sites for hydroxylation is 2. The van der Waals surface area contributed by atoms with Gasteiger partial charge in [-0.15, -0.1) is 0 Å². The van der Waals surface area contributed by atoms with Gasteiger partial charge in [-0.25, -0.2) is 0 Å². The molecule has 2 rings (SSSR count). The summed E-state index contributed by atoms with van der Waals surface area (Å²) in [5, 5.41) is 12.6. The van der Waals surface area contributed by atoms with Crippen LogP contribution in [0, 0.1) is 18.3 Å². The summed E-state index contributed by atoms with van der Waals surface area (Å²) in [6.45, 7) is 2.62. The number of rotatable bonds is 7. The molecular formula is C16H18N2O2. The molecule has 4 heteroatoms. The Hall–Kier alpha value is -2.28. The minimum absolute atomic E-state index is 0.653. The summed E-state index contributed by atoms with van der Waals surface area (Å²) in [4.78, 5) is 0. The largest absolute Gasteiger partial charge is 0.494 e. The SMILES string of the molecule is Cc1cc(CCCCCOc2ccc(C#N)cc2)on1. The van der Waals surface area contributed by atoms with Crippen LogP contribution in [0.4, 0.5) is 0 Å². The van der Waals surface area contributed by atoms with Gasteiger partial charge in [0.05, 0.1) is 23.9 Å². The molecule has 2 aromatic rings. The first-order chi connectivity index (χ1) is 9.78. The average Bonchev–Trinajstić information content (AvgIpc) is 2.89. The monoisotopic (exact) mass is 270 g/mol. The Kier molecular flexibility index (Phi) is 5.19. The van der Waals surface area contributed by atoms with E-state index < -0.39 is 0 Å². The Balaban J connectivity index is 1.58. The van der Waals surface area contributed by atoms with Crippen molar-refractivity contribution in [3.05, 3.63) is 47.3 Å². The van der Waals surface area contributed by atoms with Crippen molar-refractivity contribution >= 4 is 0 Å². The van der Waals surface area contributed by atoms with Crippen LogP contribution in [0.2, 0.25) is 0 Å². The van der Waals surface area contributed by atoms with E-state index in [2.05, 4.69) is 11.2 Å². The van der Waals surface area contributed by atoms with Gasteiger partial charge < -0.3 is 9.26 Å². The number of hydrogen-bond donors (Lipinski definition) is 0. The van der Waals surface area contributed by atoms with Crippen molar-refractivity contribution in [3.8, 4) is 11.8 Å². The predicted octanol–water partition coefficient (Wildman–Crippen LogP) is 3.65. The van der Waals surface area contributed by atoms with Crippen LogP contribution in [0.5, 0.6) is 5.75 Å². The highest BCUT2D eigenvalue weighted by Crippen LogP contribution is 2.13. The van der Waals surface area contributed by atoms with E-state index in [1.807, 2.05) is 25.1 Å². The first-order valence-corrected chi connectivity index (χ1v) is 6.83. The van der Waals surface area contributed by atoms with E-state index in [4.69, 9.17) is 14.5 Å². The molecule has 0 N–H and O–H groups in total. The Labute approximate surface area is 119 Å². The van der Waals surface area contributed by atoms with Gasteiger partial charge in [-0.3, -0.25) is 0 Å². The van der Waals surface area contributed by atoms with Crippen molar-refractivity contribution in [3.63, 3.8) is 0 Å². The van der Waals surface area contributed by atoms with Gasteiger partial charge in [0.2, 0.25) is 0 Å². The number of hydrogen-bond acceptors (Lipinski definition) is 4. The maximum absolute atomic E-state index is 8.69. The van der Waals surface area contributed by atoms with E-state index in [1.54, 1.807) is 12.1 Å². The van der Waals surface area contributed by atoms with Crippen LogP contribution in [0.3, 0.4) is 0 Å². The lowest BCUT2D eigenvalue weighted by molar-refractivity contribution is 0.303. The molecule has 20 heavy (non-hydrogen) atoms. The molecule has 0 saturated heterocycles. The van der Waals surface area contributed by atoms with Gasteiger partial charge in [0.25, 0.3) is 0 Å². The molecule has 0 aliphatic rings. The third kappa shape index (κ3) is 4.43. The summed E-state index contributed by atoms with van der Waals surface area (Å²) < 4.78 is 10.8. The molecule has 1 aromatic carbocycles. The molecule has 0 saturated carbocycles. The minimum Gasteiger partial charge on any atom is -0.494 e. The number of nitriles is 1. The Bertz CT molecular complexity index is 567. The smallest absolute Gasteiger partial charge is 0.136 e. The number of benzene rings is 1. The molecule has 0 bridgehead atoms. The summed E-state index contributed by atoms with van der Waals surface area (Å²) in [6.07, 6.45) is 4.10. The molecule has 1 aromatic heterocycles. The van der Waals surface area contributed by atoms with Crippen molar-refractivity contribution in [2.75, 3.05) is 6.61 Å². The zero-order valence-electron chi connectivity index (χ0n) is 11.6. The van der Waals surface area contributed by atoms with Crippen molar-refractivity contribution in [2.24, 2.45) is 0 Å². The number of nitrogens with zero attached hydrogens (tertiary/aromatic N) is 2. The van der Waals surface area contributed by atoms with Crippen molar-refractivity contribution in [1.82, 2.24) is 5.16 Å². The predicted molar refractivity (Wildman–Crippen MR) is 75.4 cm³/mol. The van der Waals surface area contributed by atoms with E-state index in [0.29, 0.717) is 12.2 Å². The summed E-state index contributed by atoms with van der Waals surface area (Å²) in [6, 6.07) is 11.3. The van der Waals surface area contributed by atoms with Gasteiger partial charge in [-0.1, -0.05) is 5.16 Å². The second-order valence-electron chi connectivity index (χ2n) is 4.73. The van der Waals surface area contributed by atoms with Gasteiger partial charge >= 0.3 is 0 Å². The second kappa shape index (κ2) is 7.34. The first-order valence-electron chi connectivity index (χ1n) is 6.83. The van der Waals surface area contributed by atoms with Crippen molar-refractivity contribution < 1.29 is 9.26 Å². The molecule has 0 aliphatic carbocycles. The number of ether oxygens (including phenoxy) is 1. The lowest BCUT2D eigenvalue weighted by atomic mass is 10.1.